The van der Waals surface area contributed by atoms with Crippen LogP contribution in [0.15, 0.2) is 0 Å². The predicted molar refractivity (Wildman–Crippen MR) is 70.8 cm³/mol. The molecule has 1 amide bonds. The molecule has 18 heavy (non-hydrogen) atoms. The molecule has 1 fully saturated rings. The van der Waals surface area contributed by atoms with Gasteiger partial charge in [0.1, 0.15) is 0 Å². The second-order valence-corrected chi connectivity index (χ2v) is 6.84. The molecule has 1 saturated heterocycles. The molecular weight excluding hydrogens is 254 g/mol. The third-order valence-corrected chi connectivity index (χ3v) is 4.63. The summed E-state index contributed by atoms with van der Waals surface area (Å²) >= 11 is 0. The van der Waals surface area contributed by atoms with Gasteiger partial charge in [-0.2, -0.15) is 4.31 Å². The summed E-state index contributed by atoms with van der Waals surface area (Å²) < 4.78 is 23.4. The maximum absolute atomic E-state index is 11.6. The van der Waals surface area contributed by atoms with E-state index in [1.807, 2.05) is 0 Å². The lowest BCUT2D eigenvalue weighted by atomic mass is 10.2. The van der Waals surface area contributed by atoms with E-state index >= 15 is 0 Å². The number of carbonyl (C=O) groups excluding carboxylic acids is 1. The first-order valence-electron chi connectivity index (χ1n) is 6.26. The van der Waals surface area contributed by atoms with Crippen LogP contribution in [-0.2, 0) is 14.8 Å². The van der Waals surface area contributed by atoms with Gasteiger partial charge in [0.05, 0.1) is 12.8 Å². The summed E-state index contributed by atoms with van der Waals surface area (Å²) in [5, 5.41) is 2.81. The highest BCUT2D eigenvalue weighted by Crippen LogP contribution is 2.15. The fourth-order valence-corrected chi connectivity index (χ4v) is 2.50. The van der Waals surface area contributed by atoms with Crippen molar-refractivity contribution in [2.45, 2.75) is 25.8 Å². The molecule has 0 aromatic heterocycles. The van der Waals surface area contributed by atoms with Crippen LogP contribution >= 0.6 is 0 Å². The number of amides is 1. The number of sulfonamides is 1. The summed E-state index contributed by atoms with van der Waals surface area (Å²) in [7, 11) is -1.88. The molecule has 1 heterocycles. The summed E-state index contributed by atoms with van der Waals surface area (Å²) in [5.74, 6) is -0.245. The zero-order valence-electron chi connectivity index (χ0n) is 11.3. The zero-order chi connectivity index (χ0) is 13.8. The van der Waals surface area contributed by atoms with Gasteiger partial charge in [0.15, 0.2) is 0 Å². The number of nitrogens with one attached hydrogen (secondary N) is 1. The molecule has 1 N–H and O–H groups in total. The molecular formula is C11H23N3O3S. The maximum Gasteiger partial charge on any atom is 0.235 e. The number of likely N-dealkylation sites (tertiary alicyclic amines) is 1. The van der Waals surface area contributed by atoms with E-state index in [0.29, 0.717) is 12.6 Å². The Morgan fingerprint density at radius 3 is 2.72 bits per heavy atom. The molecule has 1 aliphatic rings. The van der Waals surface area contributed by atoms with Crippen molar-refractivity contribution in [1.29, 1.82) is 0 Å². The van der Waals surface area contributed by atoms with Crippen molar-refractivity contribution < 1.29 is 13.2 Å². The van der Waals surface area contributed by atoms with Crippen LogP contribution in [0.1, 0.15) is 19.8 Å². The van der Waals surface area contributed by atoms with Gasteiger partial charge in [-0.05, 0) is 25.9 Å². The number of hydrogen-bond acceptors (Lipinski definition) is 4. The van der Waals surface area contributed by atoms with Crippen LogP contribution in [0, 0.1) is 0 Å². The Morgan fingerprint density at radius 1 is 1.50 bits per heavy atom. The van der Waals surface area contributed by atoms with E-state index in [0.717, 1.165) is 36.5 Å². The molecule has 0 unspecified atom stereocenters. The molecule has 0 radical (unpaired) electrons. The van der Waals surface area contributed by atoms with Crippen LogP contribution in [0.3, 0.4) is 0 Å². The number of rotatable bonds is 6. The summed E-state index contributed by atoms with van der Waals surface area (Å²) in [6.07, 6.45) is 3.35. The largest absolute Gasteiger partial charge is 0.353 e. The molecule has 0 aromatic carbocycles. The lowest BCUT2D eigenvalue weighted by molar-refractivity contribution is -0.121. The second-order valence-electron chi connectivity index (χ2n) is 4.75. The van der Waals surface area contributed by atoms with Gasteiger partial charge >= 0.3 is 0 Å². The summed E-state index contributed by atoms with van der Waals surface area (Å²) in [5.41, 5.74) is 0. The number of nitrogens with zero attached hydrogens (tertiary/aromatic N) is 2. The first kappa shape index (κ1) is 15.4. The first-order valence-corrected chi connectivity index (χ1v) is 8.11. The van der Waals surface area contributed by atoms with Crippen LogP contribution in [0.2, 0.25) is 0 Å². The van der Waals surface area contributed by atoms with Crippen molar-refractivity contribution in [3.8, 4) is 0 Å². The molecule has 7 heteroatoms. The predicted octanol–water partition coefficient (Wildman–Crippen LogP) is -0.522. The highest BCUT2D eigenvalue weighted by molar-refractivity contribution is 7.88. The van der Waals surface area contributed by atoms with Crippen LogP contribution in [0.4, 0.5) is 0 Å². The number of hydrogen-bond donors (Lipinski definition) is 1. The number of carbonyl (C=O) groups is 1. The molecule has 0 saturated carbocycles. The average molecular weight is 277 g/mol. The highest BCUT2D eigenvalue weighted by Gasteiger charge is 2.23. The van der Waals surface area contributed by atoms with Crippen LogP contribution in [0.5, 0.6) is 0 Å². The summed E-state index contributed by atoms with van der Waals surface area (Å²) in [4.78, 5) is 13.9. The third kappa shape index (κ3) is 4.55. The van der Waals surface area contributed by atoms with E-state index in [9.17, 15) is 13.2 Å². The SMILES string of the molecule is CCN1CCC[C@@H]1CNC(=O)CN(C)S(C)(=O)=O. The van der Waals surface area contributed by atoms with Crippen molar-refractivity contribution in [3.63, 3.8) is 0 Å². The van der Waals surface area contributed by atoms with Gasteiger partial charge in [0, 0.05) is 19.6 Å². The molecule has 0 aromatic rings. The van der Waals surface area contributed by atoms with Gasteiger partial charge in [-0.1, -0.05) is 6.92 Å². The summed E-state index contributed by atoms with van der Waals surface area (Å²) in [6, 6.07) is 0.391. The standard InChI is InChI=1S/C11H23N3O3S/c1-4-14-7-5-6-10(14)8-12-11(15)9-13(2)18(3,16)17/h10H,4-9H2,1-3H3,(H,12,15)/t10-/m1/s1. The highest BCUT2D eigenvalue weighted by atomic mass is 32.2. The van der Waals surface area contributed by atoms with Crippen molar-refractivity contribution in [3.05, 3.63) is 0 Å². The average Bonchev–Trinajstić information content (AvgIpc) is 2.72. The van der Waals surface area contributed by atoms with Crippen LogP contribution < -0.4 is 5.32 Å². The van der Waals surface area contributed by atoms with Gasteiger partial charge in [-0.25, -0.2) is 8.42 Å². The van der Waals surface area contributed by atoms with Gasteiger partial charge in [0.25, 0.3) is 0 Å². The van der Waals surface area contributed by atoms with Gasteiger partial charge in [-0.15, -0.1) is 0 Å². The van der Waals surface area contributed by atoms with Crippen LogP contribution in [-0.4, -0.2) is 69.1 Å². The first-order chi connectivity index (χ1) is 8.34. The Kier molecular flexibility index (Phi) is 5.55. The van der Waals surface area contributed by atoms with E-state index in [4.69, 9.17) is 0 Å². The minimum absolute atomic E-state index is 0.113. The van der Waals surface area contributed by atoms with Crippen LogP contribution in [0.25, 0.3) is 0 Å². The fourth-order valence-electron chi connectivity index (χ4n) is 2.15. The lowest BCUT2D eigenvalue weighted by Crippen LogP contribution is -2.43. The van der Waals surface area contributed by atoms with Crippen molar-refractivity contribution in [1.82, 2.24) is 14.5 Å². The minimum Gasteiger partial charge on any atom is -0.353 e. The van der Waals surface area contributed by atoms with E-state index in [1.165, 1.54) is 7.05 Å². The maximum atomic E-state index is 11.6. The molecule has 0 bridgehead atoms. The van der Waals surface area contributed by atoms with E-state index in [-0.39, 0.29) is 12.5 Å². The molecule has 0 aliphatic carbocycles. The van der Waals surface area contributed by atoms with E-state index < -0.39 is 10.0 Å². The Bertz CT molecular complexity index is 383. The van der Waals surface area contributed by atoms with Crippen molar-refractivity contribution >= 4 is 15.9 Å². The summed E-state index contributed by atoms with van der Waals surface area (Å²) in [6.45, 7) is 4.67. The molecule has 6 nitrogen and oxygen atoms in total. The smallest absolute Gasteiger partial charge is 0.235 e. The lowest BCUT2D eigenvalue weighted by Gasteiger charge is -2.23. The van der Waals surface area contributed by atoms with Crippen molar-refractivity contribution in [2.24, 2.45) is 0 Å². The fraction of sp³-hybridized carbons (Fsp3) is 0.909. The van der Waals surface area contributed by atoms with E-state index in [1.54, 1.807) is 0 Å². The Balaban J connectivity index is 2.33. The Hall–Kier alpha value is -0.660. The monoisotopic (exact) mass is 277 g/mol. The van der Waals surface area contributed by atoms with Crippen molar-refractivity contribution in [2.75, 3.05) is 39.5 Å². The molecule has 1 rings (SSSR count). The molecule has 1 atom stereocenters. The Morgan fingerprint density at radius 2 is 2.17 bits per heavy atom. The Labute approximate surface area is 109 Å². The van der Waals surface area contributed by atoms with Gasteiger partial charge < -0.3 is 5.32 Å². The second kappa shape index (κ2) is 6.49. The van der Waals surface area contributed by atoms with E-state index in [2.05, 4.69) is 17.1 Å². The normalized spacial score (nSPS) is 21.4. The number of likely N-dealkylation sites (N-methyl/N-ethyl adjacent to an activating group) is 2. The third-order valence-electron chi connectivity index (χ3n) is 3.37. The molecule has 106 valence electrons. The van der Waals surface area contributed by atoms with Gasteiger partial charge in [-0.3, -0.25) is 9.69 Å². The quantitative estimate of drug-likeness (QED) is 0.709. The molecule has 0 spiro atoms. The minimum atomic E-state index is -3.29. The molecule has 1 aliphatic heterocycles. The zero-order valence-corrected chi connectivity index (χ0v) is 12.2. The topological polar surface area (TPSA) is 69.7 Å². The van der Waals surface area contributed by atoms with Gasteiger partial charge in [0.2, 0.25) is 15.9 Å².